The standard InChI is InChI=1S/C14H10BrNO4S/c15-10-3-6-13(12(8-10)16(19)20)21-11-4-1-9(2-5-11)7-14(17)18/h1-6,8H,7H2,(H,17,18). The number of aliphatic carboxylic acids is 1. The Morgan fingerprint density at radius 1 is 1.24 bits per heavy atom. The molecule has 0 radical (unpaired) electrons. The van der Waals surface area contributed by atoms with E-state index in [1.165, 1.54) is 17.8 Å². The second kappa shape index (κ2) is 6.73. The zero-order valence-corrected chi connectivity index (χ0v) is 13.1. The highest BCUT2D eigenvalue weighted by Gasteiger charge is 2.15. The molecule has 1 N–H and O–H groups in total. The topological polar surface area (TPSA) is 80.4 Å². The molecule has 0 amide bonds. The molecule has 0 fully saturated rings. The van der Waals surface area contributed by atoms with Crippen molar-refractivity contribution in [1.29, 1.82) is 0 Å². The molecule has 0 aliphatic heterocycles. The molecule has 2 rings (SSSR count). The summed E-state index contributed by atoms with van der Waals surface area (Å²) in [6, 6.07) is 11.8. The zero-order valence-electron chi connectivity index (χ0n) is 10.7. The first-order valence-corrected chi connectivity index (χ1v) is 7.49. The monoisotopic (exact) mass is 367 g/mol. The van der Waals surface area contributed by atoms with E-state index in [4.69, 9.17) is 5.11 Å². The van der Waals surface area contributed by atoms with Crippen LogP contribution in [0.2, 0.25) is 0 Å². The molecular weight excluding hydrogens is 358 g/mol. The maximum absolute atomic E-state index is 11.0. The summed E-state index contributed by atoms with van der Waals surface area (Å²) < 4.78 is 0.648. The van der Waals surface area contributed by atoms with Gasteiger partial charge in [0.25, 0.3) is 5.69 Å². The van der Waals surface area contributed by atoms with Gasteiger partial charge >= 0.3 is 5.97 Å². The number of halogens is 1. The highest BCUT2D eigenvalue weighted by molar-refractivity contribution is 9.10. The molecule has 0 spiro atoms. The second-order valence-corrected chi connectivity index (χ2v) is 6.22. The molecule has 0 saturated heterocycles. The average Bonchev–Trinajstić information content (AvgIpc) is 2.42. The van der Waals surface area contributed by atoms with Gasteiger partial charge in [0.05, 0.1) is 16.2 Å². The Hall–Kier alpha value is -1.86. The Bertz CT molecular complexity index is 688. The Morgan fingerprint density at radius 2 is 1.90 bits per heavy atom. The predicted molar refractivity (Wildman–Crippen MR) is 82.7 cm³/mol. The summed E-state index contributed by atoms with van der Waals surface area (Å²) in [6.45, 7) is 0. The second-order valence-electron chi connectivity index (χ2n) is 4.19. The van der Waals surface area contributed by atoms with E-state index in [-0.39, 0.29) is 12.1 Å². The van der Waals surface area contributed by atoms with Crippen molar-refractivity contribution >= 4 is 39.3 Å². The van der Waals surface area contributed by atoms with Gasteiger partial charge in [-0.05, 0) is 29.8 Å². The van der Waals surface area contributed by atoms with Crippen LogP contribution in [0.5, 0.6) is 0 Å². The van der Waals surface area contributed by atoms with E-state index in [1.807, 2.05) is 0 Å². The maximum atomic E-state index is 11.0. The molecule has 2 aromatic carbocycles. The van der Waals surface area contributed by atoms with Crippen LogP contribution in [0.3, 0.4) is 0 Å². The van der Waals surface area contributed by atoms with Crippen molar-refractivity contribution in [3.63, 3.8) is 0 Å². The van der Waals surface area contributed by atoms with Gasteiger partial charge in [-0.1, -0.05) is 39.8 Å². The Kier molecular flexibility index (Phi) is 4.98. The van der Waals surface area contributed by atoms with Crippen LogP contribution in [0, 0.1) is 10.1 Å². The lowest BCUT2D eigenvalue weighted by atomic mass is 10.2. The first kappa shape index (κ1) is 15.5. The lowest BCUT2D eigenvalue weighted by Gasteiger charge is -2.04. The summed E-state index contributed by atoms with van der Waals surface area (Å²) in [5.41, 5.74) is 0.723. The van der Waals surface area contributed by atoms with Crippen molar-refractivity contribution in [2.24, 2.45) is 0 Å². The van der Waals surface area contributed by atoms with Crippen LogP contribution in [-0.4, -0.2) is 16.0 Å². The molecule has 0 aromatic heterocycles. The number of hydrogen-bond acceptors (Lipinski definition) is 4. The smallest absolute Gasteiger partial charge is 0.307 e. The summed E-state index contributed by atoms with van der Waals surface area (Å²) >= 11 is 4.48. The zero-order chi connectivity index (χ0) is 15.4. The van der Waals surface area contributed by atoms with E-state index in [0.29, 0.717) is 14.9 Å². The van der Waals surface area contributed by atoms with E-state index in [2.05, 4.69) is 15.9 Å². The fourth-order valence-corrected chi connectivity index (χ4v) is 2.95. The Balaban J connectivity index is 2.22. The van der Waals surface area contributed by atoms with Crippen LogP contribution in [-0.2, 0) is 11.2 Å². The number of nitro benzene ring substituents is 1. The third-order valence-electron chi connectivity index (χ3n) is 2.62. The van der Waals surface area contributed by atoms with Gasteiger partial charge in [-0.25, -0.2) is 0 Å². The molecule has 0 saturated carbocycles. The Labute approximate surface area is 133 Å². The molecule has 0 bridgehead atoms. The van der Waals surface area contributed by atoms with Crippen LogP contribution in [0.4, 0.5) is 5.69 Å². The van der Waals surface area contributed by atoms with Gasteiger partial charge in [-0.15, -0.1) is 0 Å². The third-order valence-corrected chi connectivity index (χ3v) is 4.19. The summed E-state index contributed by atoms with van der Waals surface area (Å²) in [6.07, 6.45) is -0.0383. The van der Waals surface area contributed by atoms with Gasteiger partial charge in [-0.3, -0.25) is 14.9 Å². The molecular formula is C14H10BrNO4S. The van der Waals surface area contributed by atoms with Crippen molar-refractivity contribution in [1.82, 2.24) is 0 Å². The number of rotatable bonds is 5. The minimum absolute atomic E-state index is 0.0315. The van der Waals surface area contributed by atoms with Crippen LogP contribution in [0.1, 0.15) is 5.56 Å². The van der Waals surface area contributed by atoms with Gasteiger partial charge < -0.3 is 5.11 Å². The average molecular weight is 368 g/mol. The maximum Gasteiger partial charge on any atom is 0.307 e. The van der Waals surface area contributed by atoms with E-state index in [0.717, 1.165) is 4.90 Å². The summed E-state index contributed by atoms with van der Waals surface area (Å²) in [5.74, 6) is -0.890. The van der Waals surface area contributed by atoms with Crippen molar-refractivity contribution in [3.8, 4) is 0 Å². The lowest BCUT2D eigenvalue weighted by molar-refractivity contribution is -0.387. The SMILES string of the molecule is O=C(O)Cc1ccc(Sc2ccc(Br)cc2[N+](=O)[O-])cc1. The molecule has 7 heteroatoms. The van der Waals surface area contributed by atoms with Gasteiger partial charge in [0.15, 0.2) is 0 Å². The summed E-state index contributed by atoms with van der Waals surface area (Å²) in [7, 11) is 0. The molecule has 2 aromatic rings. The molecule has 21 heavy (non-hydrogen) atoms. The van der Waals surface area contributed by atoms with Gasteiger partial charge in [0, 0.05) is 15.4 Å². The molecule has 0 unspecified atom stereocenters. The van der Waals surface area contributed by atoms with Crippen molar-refractivity contribution in [2.45, 2.75) is 16.2 Å². The number of hydrogen-bond donors (Lipinski definition) is 1. The minimum Gasteiger partial charge on any atom is -0.481 e. The third kappa shape index (κ3) is 4.30. The molecule has 0 heterocycles. The van der Waals surface area contributed by atoms with Crippen molar-refractivity contribution < 1.29 is 14.8 Å². The predicted octanol–water partition coefficient (Wildman–Crippen LogP) is 4.14. The summed E-state index contributed by atoms with van der Waals surface area (Å²) in [4.78, 5) is 22.6. The van der Waals surface area contributed by atoms with E-state index in [1.54, 1.807) is 36.4 Å². The quantitative estimate of drug-likeness (QED) is 0.634. The van der Waals surface area contributed by atoms with Gasteiger partial charge in [0.2, 0.25) is 0 Å². The number of nitro groups is 1. The molecule has 0 aliphatic rings. The van der Waals surface area contributed by atoms with Crippen molar-refractivity contribution in [2.75, 3.05) is 0 Å². The van der Waals surface area contributed by atoms with Crippen LogP contribution >= 0.6 is 27.7 Å². The molecule has 108 valence electrons. The first-order valence-electron chi connectivity index (χ1n) is 5.88. The molecule has 5 nitrogen and oxygen atoms in total. The van der Waals surface area contributed by atoms with Crippen LogP contribution in [0.25, 0.3) is 0 Å². The number of carboxylic acids is 1. The van der Waals surface area contributed by atoms with E-state index < -0.39 is 10.9 Å². The van der Waals surface area contributed by atoms with Crippen LogP contribution < -0.4 is 0 Å². The lowest BCUT2D eigenvalue weighted by Crippen LogP contribution is -1.99. The number of carboxylic acid groups (broad SMARTS) is 1. The highest BCUT2D eigenvalue weighted by atomic mass is 79.9. The fraction of sp³-hybridized carbons (Fsp3) is 0.0714. The fourth-order valence-electron chi connectivity index (χ4n) is 1.70. The molecule has 0 aliphatic carbocycles. The van der Waals surface area contributed by atoms with E-state index in [9.17, 15) is 14.9 Å². The van der Waals surface area contributed by atoms with E-state index >= 15 is 0 Å². The number of nitrogens with zero attached hydrogens (tertiary/aromatic N) is 1. The number of carbonyl (C=O) groups is 1. The largest absolute Gasteiger partial charge is 0.481 e. The van der Waals surface area contributed by atoms with Gasteiger partial charge in [-0.2, -0.15) is 0 Å². The Morgan fingerprint density at radius 3 is 2.48 bits per heavy atom. The first-order chi connectivity index (χ1) is 9.95. The number of benzene rings is 2. The minimum atomic E-state index is -0.890. The van der Waals surface area contributed by atoms with Crippen LogP contribution in [0.15, 0.2) is 56.7 Å². The highest BCUT2D eigenvalue weighted by Crippen LogP contribution is 2.36. The normalized spacial score (nSPS) is 10.3. The van der Waals surface area contributed by atoms with Crippen molar-refractivity contribution in [3.05, 3.63) is 62.6 Å². The summed E-state index contributed by atoms with van der Waals surface area (Å²) in [5, 5.41) is 19.8. The molecule has 0 atom stereocenters. The van der Waals surface area contributed by atoms with Gasteiger partial charge in [0.1, 0.15) is 0 Å².